The highest BCUT2D eigenvalue weighted by atomic mass is 35.5. The van der Waals surface area contributed by atoms with Gasteiger partial charge in [-0.3, -0.25) is 4.79 Å². The Kier molecular flexibility index (Phi) is 5.34. The quantitative estimate of drug-likeness (QED) is 0.660. The molecule has 144 valence electrons. The van der Waals surface area contributed by atoms with Gasteiger partial charge in [0.25, 0.3) is 0 Å². The van der Waals surface area contributed by atoms with Gasteiger partial charge in [-0.15, -0.1) is 10.2 Å². The van der Waals surface area contributed by atoms with Crippen molar-refractivity contribution in [2.75, 3.05) is 6.54 Å². The molecule has 6 nitrogen and oxygen atoms in total. The van der Waals surface area contributed by atoms with Gasteiger partial charge in [-0.1, -0.05) is 48.0 Å². The van der Waals surface area contributed by atoms with Gasteiger partial charge in [0.2, 0.25) is 11.7 Å². The first kappa shape index (κ1) is 18.6. The number of benzene rings is 2. The van der Waals surface area contributed by atoms with Gasteiger partial charge in [-0.05, 0) is 36.6 Å². The molecule has 1 unspecified atom stereocenters. The molecular formula is C20H19ClFN5O. The monoisotopic (exact) mass is 399 g/mol. The number of hydrogen-bond acceptors (Lipinski definition) is 4. The Morgan fingerprint density at radius 3 is 2.79 bits per heavy atom. The van der Waals surface area contributed by atoms with Crippen LogP contribution in [0.2, 0.25) is 5.02 Å². The summed E-state index contributed by atoms with van der Waals surface area (Å²) in [5, 5.41) is 12.7. The third kappa shape index (κ3) is 3.89. The molecule has 0 radical (unpaired) electrons. The standard InChI is InChI=1S/C20H19ClFN5O/c21-17-9-4-10-18(22)16(17)12-15-8-5-11-26(15)19(28)13-27-24-20(23-25-27)14-6-2-1-3-7-14/h1-4,6-7,9-10,15H,5,8,11-13H2. The summed E-state index contributed by atoms with van der Waals surface area (Å²) in [6, 6.07) is 14.0. The van der Waals surface area contributed by atoms with Gasteiger partial charge in [0.15, 0.2) is 0 Å². The Morgan fingerprint density at radius 1 is 1.18 bits per heavy atom. The summed E-state index contributed by atoms with van der Waals surface area (Å²) in [7, 11) is 0. The minimum absolute atomic E-state index is 0.00133. The average Bonchev–Trinajstić information content (AvgIpc) is 3.35. The van der Waals surface area contributed by atoms with Crippen molar-refractivity contribution in [3.63, 3.8) is 0 Å². The summed E-state index contributed by atoms with van der Waals surface area (Å²) in [6.45, 7) is 0.636. The van der Waals surface area contributed by atoms with Gasteiger partial charge in [-0.2, -0.15) is 4.80 Å². The van der Waals surface area contributed by atoms with Gasteiger partial charge < -0.3 is 4.90 Å². The van der Waals surface area contributed by atoms with Crippen LogP contribution in [-0.2, 0) is 17.8 Å². The molecule has 1 aliphatic heterocycles. The fourth-order valence-corrected chi connectivity index (χ4v) is 3.80. The largest absolute Gasteiger partial charge is 0.338 e. The molecule has 0 spiro atoms. The first-order valence-corrected chi connectivity index (χ1v) is 9.55. The number of nitrogens with zero attached hydrogens (tertiary/aromatic N) is 5. The van der Waals surface area contributed by atoms with Crippen molar-refractivity contribution < 1.29 is 9.18 Å². The number of amides is 1. The van der Waals surface area contributed by atoms with E-state index in [0.717, 1.165) is 18.4 Å². The first-order chi connectivity index (χ1) is 13.6. The Hall–Kier alpha value is -2.80. The van der Waals surface area contributed by atoms with Crippen LogP contribution in [0.25, 0.3) is 11.4 Å². The number of hydrogen-bond donors (Lipinski definition) is 0. The van der Waals surface area contributed by atoms with E-state index in [0.29, 0.717) is 29.4 Å². The van der Waals surface area contributed by atoms with Crippen LogP contribution in [0.4, 0.5) is 4.39 Å². The smallest absolute Gasteiger partial charge is 0.246 e. The third-order valence-corrected chi connectivity index (χ3v) is 5.31. The van der Waals surface area contributed by atoms with E-state index in [-0.39, 0.29) is 24.3 Å². The number of likely N-dealkylation sites (tertiary alicyclic amines) is 1. The van der Waals surface area contributed by atoms with E-state index in [1.807, 2.05) is 30.3 Å². The summed E-state index contributed by atoms with van der Waals surface area (Å²) >= 11 is 6.15. The second kappa shape index (κ2) is 8.06. The predicted octanol–water partition coefficient (Wildman–Crippen LogP) is 3.37. The lowest BCUT2D eigenvalue weighted by molar-refractivity contribution is -0.133. The van der Waals surface area contributed by atoms with E-state index in [4.69, 9.17) is 11.6 Å². The van der Waals surface area contributed by atoms with Gasteiger partial charge in [0, 0.05) is 28.7 Å². The van der Waals surface area contributed by atoms with Gasteiger partial charge in [-0.25, -0.2) is 4.39 Å². The molecule has 1 amide bonds. The van der Waals surface area contributed by atoms with Crippen LogP contribution < -0.4 is 0 Å². The number of carbonyl (C=O) groups is 1. The fourth-order valence-electron chi connectivity index (χ4n) is 3.56. The molecule has 2 heterocycles. The molecule has 0 aliphatic carbocycles. The fraction of sp³-hybridized carbons (Fsp3) is 0.300. The van der Waals surface area contributed by atoms with Crippen LogP contribution in [0.5, 0.6) is 0 Å². The molecule has 1 aromatic heterocycles. The molecule has 0 bridgehead atoms. The zero-order valence-corrected chi connectivity index (χ0v) is 15.9. The normalized spacial score (nSPS) is 16.5. The molecule has 1 fully saturated rings. The Morgan fingerprint density at radius 2 is 2.00 bits per heavy atom. The number of tetrazole rings is 1. The van der Waals surface area contributed by atoms with Gasteiger partial charge in [0.05, 0.1) is 0 Å². The van der Waals surface area contributed by atoms with E-state index in [2.05, 4.69) is 15.4 Å². The van der Waals surface area contributed by atoms with Gasteiger partial charge >= 0.3 is 0 Å². The van der Waals surface area contributed by atoms with E-state index >= 15 is 0 Å². The molecule has 3 aromatic rings. The molecule has 1 saturated heterocycles. The maximum Gasteiger partial charge on any atom is 0.246 e. The molecule has 4 rings (SSSR count). The van der Waals surface area contributed by atoms with Crippen molar-refractivity contribution in [1.82, 2.24) is 25.1 Å². The van der Waals surface area contributed by atoms with E-state index in [1.165, 1.54) is 10.9 Å². The van der Waals surface area contributed by atoms with Gasteiger partial charge in [0.1, 0.15) is 12.4 Å². The minimum atomic E-state index is -0.336. The van der Waals surface area contributed by atoms with Crippen molar-refractivity contribution in [2.45, 2.75) is 31.8 Å². The SMILES string of the molecule is O=C(Cn1nnc(-c2ccccc2)n1)N1CCCC1Cc1c(F)cccc1Cl. The Bertz CT molecular complexity index is 957. The first-order valence-electron chi connectivity index (χ1n) is 9.17. The lowest BCUT2D eigenvalue weighted by Gasteiger charge is -2.25. The minimum Gasteiger partial charge on any atom is -0.338 e. The topological polar surface area (TPSA) is 63.9 Å². The molecule has 28 heavy (non-hydrogen) atoms. The molecule has 8 heteroatoms. The van der Waals surface area contributed by atoms with Crippen LogP contribution >= 0.6 is 11.6 Å². The number of rotatable bonds is 5. The van der Waals surface area contributed by atoms with Crippen LogP contribution in [0.1, 0.15) is 18.4 Å². The zero-order valence-electron chi connectivity index (χ0n) is 15.1. The summed E-state index contributed by atoms with van der Waals surface area (Å²) < 4.78 is 14.1. The lowest BCUT2D eigenvalue weighted by atomic mass is 10.0. The highest BCUT2D eigenvalue weighted by molar-refractivity contribution is 6.31. The molecule has 2 aromatic carbocycles. The van der Waals surface area contributed by atoms with Crippen LogP contribution in [0, 0.1) is 5.82 Å². The van der Waals surface area contributed by atoms with Crippen molar-refractivity contribution in [3.05, 3.63) is 64.9 Å². The van der Waals surface area contributed by atoms with Crippen LogP contribution in [0.3, 0.4) is 0 Å². The number of aromatic nitrogens is 4. The second-order valence-corrected chi connectivity index (χ2v) is 7.20. The predicted molar refractivity (Wildman–Crippen MR) is 103 cm³/mol. The summed E-state index contributed by atoms with van der Waals surface area (Å²) in [6.07, 6.45) is 2.09. The molecular weight excluding hydrogens is 381 g/mol. The highest BCUT2D eigenvalue weighted by Gasteiger charge is 2.30. The highest BCUT2D eigenvalue weighted by Crippen LogP contribution is 2.27. The van der Waals surface area contributed by atoms with Crippen molar-refractivity contribution in [1.29, 1.82) is 0 Å². The maximum absolute atomic E-state index is 14.1. The molecule has 1 aliphatic rings. The van der Waals surface area contributed by atoms with Crippen LogP contribution in [-0.4, -0.2) is 43.6 Å². The Labute approximate surface area is 166 Å². The maximum atomic E-state index is 14.1. The lowest BCUT2D eigenvalue weighted by Crippen LogP contribution is -2.39. The van der Waals surface area contributed by atoms with Crippen molar-refractivity contribution in [2.24, 2.45) is 0 Å². The summed E-state index contributed by atoms with van der Waals surface area (Å²) in [4.78, 5) is 15.9. The van der Waals surface area contributed by atoms with Crippen molar-refractivity contribution >= 4 is 17.5 Å². The average molecular weight is 400 g/mol. The summed E-state index contributed by atoms with van der Waals surface area (Å²) in [5.41, 5.74) is 1.30. The van der Waals surface area contributed by atoms with E-state index in [1.54, 1.807) is 17.0 Å². The molecule has 1 atom stereocenters. The third-order valence-electron chi connectivity index (χ3n) is 4.96. The van der Waals surface area contributed by atoms with Crippen LogP contribution in [0.15, 0.2) is 48.5 Å². The van der Waals surface area contributed by atoms with E-state index < -0.39 is 0 Å². The number of halogens is 2. The molecule has 0 saturated carbocycles. The van der Waals surface area contributed by atoms with Crippen molar-refractivity contribution in [3.8, 4) is 11.4 Å². The zero-order chi connectivity index (χ0) is 19.5. The number of carbonyl (C=O) groups excluding carboxylic acids is 1. The second-order valence-electron chi connectivity index (χ2n) is 6.80. The Balaban J connectivity index is 1.45. The molecule has 0 N–H and O–H groups in total. The summed E-state index contributed by atoms with van der Waals surface area (Å²) in [5.74, 6) is 0.0359. The van der Waals surface area contributed by atoms with E-state index in [9.17, 15) is 9.18 Å².